The number of carbonyl (C=O) groups excluding carboxylic acids is 1. The first kappa shape index (κ1) is 7.63. The summed E-state index contributed by atoms with van der Waals surface area (Å²) in [6.45, 7) is 6.34. The molecule has 0 amide bonds. The standard InChI is InChI=1S/C6H12NO/c1-6(2,3)7-4-5-8/h7H,4H2,1-3H3. The van der Waals surface area contributed by atoms with Crippen molar-refractivity contribution in [1.82, 2.24) is 5.32 Å². The highest BCUT2D eigenvalue weighted by Gasteiger charge is 2.06. The van der Waals surface area contributed by atoms with Gasteiger partial charge in [-0.2, -0.15) is 0 Å². The van der Waals surface area contributed by atoms with E-state index >= 15 is 0 Å². The molecule has 0 aliphatic heterocycles. The number of hydrogen-bond acceptors (Lipinski definition) is 2. The van der Waals surface area contributed by atoms with Gasteiger partial charge in [0.2, 0.25) is 6.29 Å². The molecule has 2 nitrogen and oxygen atoms in total. The topological polar surface area (TPSA) is 29.1 Å². The predicted octanol–water partition coefficient (Wildman–Crippen LogP) is 0.484. The Morgan fingerprint density at radius 3 is 2.12 bits per heavy atom. The molecule has 0 aromatic rings. The Labute approximate surface area is 50.3 Å². The molecular weight excluding hydrogens is 102 g/mol. The zero-order chi connectivity index (χ0) is 6.62. The fourth-order valence-corrected chi connectivity index (χ4v) is 0.301. The second kappa shape index (κ2) is 2.82. The molecule has 0 aliphatic carbocycles. The van der Waals surface area contributed by atoms with Crippen LogP contribution in [0.2, 0.25) is 0 Å². The average Bonchev–Trinajstić information content (AvgIpc) is 1.59. The summed E-state index contributed by atoms with van der Waals surface area (Å²) in [4.78, 5) is 9.66. The van der Waals surface area contributed by atoms with Crippen LogP contribution < -0.4 is 5.32 Å². The van der Waals surface area contributed by atoms with Crippen molar-refractivity contribution in [2.75, 3.05) is 6.54 Å². The van der Waals surface area contributed by atoms with Gasteiger partial charge < -0.3 is 5.32 Å². The minimum absolute atomic E-state index is 0.0391. The van der Waals surface area contributed by atoms with Crippen LogP contribution in [0.4, 0.5) is 0 Å². The molecule has 0 aromatic heterocycles. The molecule has 2 heteroatoms. The van der Waals surface area contributed by atoms with Crippen molar-refractivity contribution in [2.45, 2.75) is 26.3 Å². The third-order valence-electron chi connectivity index (χ3n) is 0.691. The van der Waals surface area contributed by atoms with Gasteiger partial charge in [-0.15, -0.1) is 0 Å². The highest BCUT2D eigenvalue weighted by Crippen LogP contribution is 1.95. The minimum Gasteiger partial charge on any atom is -0.305 e. The van der Waals surface area contributed by atoms with Crippen LogP contribution in [0.15, 0.2) is 0 Å². The summed E-state index contributed by atoms with van der Waals surface area (Å²) in [5.74, 6) is 0. The van der Waals surface area contributed by atoms with Crippen LogP contribution in [0.25, 0.3) is 0 Å². The van der Waals surface area contributed by atoms with Crippen LogP contribution in [-0.4, -0.2) is 18.4 Å². The maximum atomic E-state index is 9.66. The van der Waals surface area contributed by atoms with Gasteiger partial charge in [0.15, 0.2) is 0 Å². The first-order valence-electron chi connectivity index (χ1n) is 2.66. The average molecular weight is 114 g/mol. The van der Waals surface area contributed by atoms with Gasteiger partial charge in [-0.25, -0.2) is 0 Å². The molecule has 0 heterocycles. The zero-order valence-corrected chi connectivity index (χ0v) is 5.62. The van der Waals surface area contributed by atoms with Crippen molar-refractivity contribution >= 4 is 6.29 Å². The van der Waals surface area contributed by atoms with Crippen molar-refractivity contribution in [2.24, 2.45) is 0 Å². The Bertz CT molecular complexity index is 73.1. The normalized spacial score (nSPS) is 11.4. The molecule has 8 heavy (non-hydrogen) atoms. The predicted molar refractivity (Wildman–Crippen MR) is 33.4 cm³/mol. The number of nitrogens with one attached hydrogen (secondary N) is 1. The van der Waals surface area contributed by atoms with E-state index in [9.17, 15) is 4.79 Å². The van der Waals surface area contributed by atoms with Gasteiger partial charge in [-0.3, -0.25) is 4.79 Å². The lowest BCUT2D eigenvalue weighted by molar-refractivity contribution is 0.445. The van der Waals surface area contributed by atoms with Crippen LogP contribution in [0, 0.1) is 0 Å². The van der Waals surface area contributed by atoms with Crippen LogP contribution in [0.3, 0.4) is 0 Å². The summed E-state index contributed by atoms with van der Waals surface area (Å²) in [5, 5.41) is 2.95. The van der Waals surface area contributed by atoms with Crippen molar-refractivity contribution in [3.63, 3.8) is 0 Å². The zero-order valence-electron chi connectivity index (χ0n) is 5.62. The Morgan fingerprint density at radius 1 is 1.50 bits per heavy atom. The van der Waals surface area contributed by atoms with Crippen LogP contribution >= 0.6 is 0 Å². The molecule has 0 spiro atoms. The number of rotatable bonds is 2. The number of hydrogen-bond donors (Lipinski definition) is 1. The third kappa shape index (κ3) is 5.63. The molecule has 47 valence electrons. The monoisotopic (exact) mass is 114 g/mol. The van der Waals surface area contributed by atoms with Crippen molar-refractivity contribution in [3.8, 4) is 0 Å². The SMILES string of the molecule is CC(C)(C)NC[C]=O. The maximum Gasteiger partial charge on any atom is 0.213 e. The molecule has 0 atom stereocenters. The van der Waals surface area contributed by atoms with Gasteiger partial charge >= 0.3 is 0 Å². The summed E-state index contributed by atoms with van der Waals surface area (Å²) in [6, 6.07) is 0. The molecule has 0 bridgehead atoms. The molecular formula is C6H12NO. The summed E-state index contributed by atoms with van der Waals surface area (Å²) in [5.41, 5.74) is 0.0391. The quantitative estimate of drug-likeness (QED) is 0.566. The first-order valence-corrected chi connectivity index (χ1v) is 2.66. The van der Waals surface area contributed by atoms with E-state index in [1.165, 1.54) is 0 Å². The first-order chi connectivity index (χ1) is 3.56. The molecule has 0 aromatic carbocycles. The van der Waals surface area contributed by atoms with E-state index in [0.717, 1.165) is 0 Å². The molecule has 0 saturated heterocycles. The van der Waals surface area contributed by atoms with Crippen LogP contribution in [0.5, 0.6) is 0 Å². The fraction of sp³-hybridized carbons (Fsp3) is 0.833. The van der Waals surface area contributed by atoms with E-state index in [1.807, 2.05) is 20.8 Å². The fourth-order valence-electron chi connectivity index (χ4n) is 0.301. The second-order valence-corrected chi connectivity index (χ2v) is 2.75. The molecule has 1 radical (unpaired) electrons. The van der Waals surface area contributed by atoms with Gasteiger partial charge in [0, 0.05) is 5.54 Å². The molecule has 0 unspecified atom stereocenters. The lowest BCUT2D eigenvalue weighted by atomic mass is 10.1. The van der Waals surface area contributed by atoms with Gasteiger partial charge in [-0.1, -0.05) is 0 Å². The molecule has 0 fully saturated rings. The molecule has 0 aliphatic rings. The smallest absolute Gasteiger partial charge is 0.213 e. The lowest BCUT2D eigenvalue weighted by Crippen LogP contribution is -2.36. The van der Waals surface area contributed by atoms with E-state index in [1.54, 1.807) is 6.29 Å². The Kier molecular flexibility index (Phi) is 2.69. The van der Waals surface area contributed by atoms with Crippen molar-refractivity contribution in [3.05, 3.63) is 0 Å². The van der Waals surface area contributed by atoms with E-state index in [-0.39, 0.29) is 5.54 Å². The van der Waals surface area contributed by atoms with Crippen molar-refractivity contribution in [1.29, 1.82) is 0 Å². The summed E-state index contributed by atoms with van der Waals surface area (Å²) >= 11 is 0. The van der Waals surface area contributed by atoms with E-state index in [2.05, 4.69) is 5.32 Å². The molecule has 0 saturated carbocycles. The van der Waals surface area contributed by atoms with Crippen molar-refractivity contribution < 1.29 is 4.79 Å². The largest absolute Gasteiger partial charge is 0.305 e. The van der Waals surface area contributed by atoms with E-state index in [4.69, 9.17) is 0 Å². The van der Waals surface area contributed by atoms with Crippen LogP contribution in [-0.2, 0) is 4.79 Å². The summed E-state index contributed by atoms with van der Waals surface area (Å²) < 4.78 is 0. The lowest BCUT2D eigenvalue weighted by Gasteiger charge is -2.17. The van der Waals surface area contributed by atoms with Gasteiger partial charge in [0.05, 0.1) is 6.54 Å². The van der Waals surface area contributed by atoms with E-state index < -0.39 is 0 Å². The van der Waals surface area contributed by atoms with Gasteiger partial charge in [0.1, 0.15) is 0 Å². The second-order valence-electron chi connectivity index (χ2n) is 2.75. The third-order valence-corrected chi connectivity index (χ3v) is 0.691. The van der Waals surface area contributed by atoms with E-state index in [0.29, 0.717) is 6.54 Å². The van der Waals surface area contributed by atoms with Gasteiger partial charge in [-0.05, 0) is 20.8 Å². The summed E-state index contributed by atoms with van der Waals surface area (Å²) in [6.07, 6.45) is 1.76. The highest BCUT2D eigenvalue weighted by atomic mass is 16.1. The molecule has 1 N–H and O–H groups in total. The minimum atomic E-state index is 0.0391. The Balaban J connectivity index is 3.24. The van der Waals surface area contributed by atoms with Crippen LogP contribution in [0.1, 0.15) is 20.8 Å². The van der Waals surface area contributed by atoms with Gasteiger partial charge in [0.25, 0.3) is 0 Å². The summed E-state index contributed by atoms with van der Waals surface area (Å²) in [7, 11) is 0. The maximum absolute atomic E-state index is 9.66. The highest BCUT2D eigenvalue weighted by molar-refractivity contribution is 5.53. The molecule has 0 rings (SSSR count). The Morgan fingerprint density at radius 2 is 2.00 bits per heavy atom. The Hall–Kier alpha value is -0.370.